The summed E-state index contributed by atoms with van der Waals surface area (Å²) in [5, 5.41) is 15.5. The van der Waals surface area contributed by atoms with E-state index in [0.717, 1.165) is 11.1 Å². The number of non-ortho nitro benzene ring substituents is 1. The number of ether oxygens (including phenoxy) is 2. The lowest BCUT2D eigenvalue weighted by Crippen LogP contribution is -2.18. The molecule has 0 aliphatic rings. The first kappa shape index (κ1) is 23.4. The number of hydrogen-bond acceptors (Lipinski definition) is 7. The number of aryl methyl sites for hydroxylation is 1. The van der Waals surface area contributed by atoms with E-state index in [1.165, 1.54) is 18.3 Å². The van der Waals surface area contributed by atoms with Gasteiger partial charge in [0.2, 0.25) is 0 Å². The summed E-state index contributed by atoms with van der Waals surface area (Å²) in [5.41, 5.74) is 6.56. The summed E-state index contributed by atoms with van der Waals surface area (Å²) in [6, 6.07) is 18.7. The second kappa shape index (κ2) is 10.0. The Morgan fingerprint density at radius 2 is 1.74 bits per heavy atom. The molecule has 1 N–H and O–H groups in total. The molecule has 0 atom stereocenters. The highest BCUT2D eigenvalue weighted by Gasteiger charge is 2.15. The lowest BCUT2D eigenvalue weighted by atomic mass is 10.0. The van der Waals surface area contributed by atoms with Crippen LogP contribution in [0.5, 0.6) is 11.5 Å². The largest absolute Gasteiger partial charge is 0.493 e. The molecule has 0 spiro atoms. The third kappa shape index (κ3) is 5.09. The van der Waals surface area contributed by atoms with Crippen molar-refractivity contribution < 1.29 is 19.2 Å². The van der Waals surface area contributed by atoms with Crippen molar-refractivity contribution in [2.24, 2.45) is 5.10 Å². The fourth-order valence-electron chi connectivity index (χ4n) is 3.58. The molecule has 0 unspecified atom stereocenters. The summed E-state index contributed by atoms with van der Waals surface area (Å²) < 4.78 is 10.7. The molecule has 176 valence electrons. The average Bonchev–Trinajstić information content (AvgIpc) is 2.87. The van der Waals surface area contributed by atoms with E-state index in [1.54, 1.807) is 44.6 Å². The Morgan fingerprint density at radius 1 is 1.00 bits per heavy atom. The maximum atomic E-state index is 13.1. The Bertz CT molecular complexity index is 1450. The summed E-state index contributed by atoms with van der Waals surface area (Å²) >= 11 is 0. The molecule has 0 radical (unpaired) electrons. The molecule has 0 aliphatic carbocycles. The summed E-state index contributed by atoms with van der Waals surface area (Å²) in [5.74, 6) is 0.724. The molecule has 1 heterocycles. The minimum absolute atomic E-state index is 0.0209. The van der Waals surface area contributed by atoms with E-state index in [0.29, 0.717) is 39.2 Å². The van der Waals surface area contributed by atoms with Crippen molar-refractivity contribution in [2.75, 3.05) is 14.2 Å². The number of nitro benzene ring substituents is 1. The standard InChI is InChI=1S/C26H22N4O5/c1-16-4-10-20-21(26(31)29-27-15-17-5-8-19(9-6-17)30(32)33)14-22(28-23(20)12-16)18-7-11-24(34-2)25(13-18)35-3/h4-15H,1-3H3,(H,29,31). The maximum Gasteiger partial charge on any atom is 0.272 e. The summed E-state index contributed by atoms with van der Waals surface area (Å²) in [6.07, 6.45) is 1.42. The Kier molecular flexibility index (Phi) is 6.68. The van der Waals surface area contributed by atoms with E-state index in [2.05, 4.69) is 10.5 Å². The third-order valence-electron chi connectivity index (χ3n) is 5.37. The van der Waals surface area contributed by atoms with Gasteiger partial charge in [-0.05, 0) is 60.5 Å². The van der Waals surface area contributed by atoms with Gasteiger partial charge in [0.15, 0.2) is 11.5 Å². The number of nitro groups is 1. The van der Waals surface area contributed by atoms with Gasteiger partial charge >= 0.3 is 0 Å². The van der Waals surface area contributed by atoms with Crippen LogP contribution in [0.25, 0.3) is 22.2 Å². The van der Waals surface area contributed by atoms with Crippen molar-refractivity contribution >= 4 is 28.7 Å². The van der Waals surface area contributed by atoms with Crippen LogP contribution in [-0.2, 0) is 0 Å². The first-order valence-corrected chi connectivity index (χ1v) is 10.6. The van der Waals surface area contributed by atoms with E-state index >= 15 is 0 Å². The van der Waals surface area contributed by atoms with Gasteiger partial charge in [0.1, 0.15) is 0 Å². The van der Waals surface area contributed by atoms with Gasteiger partial charge in [0.25, 0.3) is 11.6 Å². The number of benzene rings is 3. The van der Waals surface area contributed by atoms with E-state index < -0.39 is 10.8 Å². The van der Waals surface area contributed by atoms with Crippen molar-refractivity contribution in [2.45, 2.75) is 6.92 Å². The average molecular weight is 470 g/mol. The van der Waals surface area contributed by atoms with Crippen molar-refractivity contribution in [1.82, 2.24) is 10.4 Å². The van der Waals surface area contributed by atoms with Gasteiger partial charge in [0, 0.05) is 23.1 Å². The summed E-state index contributed by atoms with van der Waals surface area (Å²) in [6.45, 7) is 1.96. The Morgan fingerprint density at radius 3 is 2.43 bits per heavy atom. The normalized spacial score (nSPS) is 10.9. The van der Waals surface area contributed by atoms with E-state index in [-0.39, 0.29) is 5.69 Å². The topological polar surface area (TPSA) is 116 Å². The minimum atomic E-state index is -0.477. The fourth-order valence-corrected chi connectivity index (χ4v) is 3.58. The van der Waals surface area contributed by atoms with Crippen molar-refractivity contribution in [3.05, 3.63) is 93.5 Å². The van der Waals surface area contributed by atoms with Crippen LogP contribution >= 0.6 is 0 Å². The predicted molar refractivity (Wildman–Crippen MR) is 133 cm³/mol. The van der Waals surface area contributed by atoms with Crippen molar-refractivity contribution in [3.63, 3.8) is 0 Å². The molecule has 35 heavy (non-hydrogen) atoms. The zero-order valence-electron chi connectivity index (χ0n) is 19.3. The van der Waals surface area contributed by atoms with Gasteiger partial charge in [-0.15, -0.1) is 0 Å². The van der Waals surface area contributed by atoms with E-state index in [4.69, 9.17) is 14.5 Å². The summed E-state index contributed by atoms with van der Waals surface area (Å²) in [4.78, 5) is 28.2. The number of fused-ring (bicyclic) bond motifs is 1. The van der Waals surface area contributed by atoms with Crippen LogP contribution in [0.15, 0.2) is 71.8 Å². The van der Waals surface area contributed by atoms with Crippen LogP contribution in [0.4, 0.5) is 5.69 Å². The molecular formula is C26H22N4O5. The SMILES string of the molecule is COc1ccc(-c2cc(C(=O)NN=Cc3ccc([N+](=O)[O-])cc3)c3ccc(C)cc3n2)cc1OC. The van der Waals surface area contributed by atoms with Gasteiger partial charge in [-0.3, -0.25) is 14.9 Å². The second-order valence-electron chi connectivity index (χ2n) is 7.69. The van der Waals surface area contributed by atoms with Crippen LogP contribution in [0, 0.1) is 17.0 Å². The van der Waals surface area contributed by atoms with Crippen LogP contribution in [0.2, 0.25) is 0 Å². The number of carbonyl (C=O) groups is 1. The first-order valence-electron chi connectivity index (χ1n) is 10.6. The molecular weight excluding hydrogens is 448 g/mol. The van der Waals surface area contributed by atoms with Gasteiger partial charge in [0.05, 0.1) is 42.1 Å². The minimum Gasteiger partial charge on any atom is -0.493 e. The highest BCUT2D eigenvalue weighted by molar-refractivity contribution is 6.07. The number of nitrogens with zero attached hydrogens (tertiary/aromatic N) is 3. The number of hydrazone groups is 1. The zero-order chi connectivity index (χ0) is 24.9. The Balaban J connectivity index is 1.68. The molecule has 4 rings (SSSR count). The molecule has 3 aromatic carbocycles. The van der Waals surface area contributed by atoms with E-state index in [1.807, 2.05) is 31.2 Å². The van der Waals surface area contributed by atoms with Gasteiger partial charge < -0.3 is 9.47 Å². The summed E-state index contributed by atoms with van der Waals surface area (Å²) in [7, 11) is 3.12. The molecule has 1 aromatic heterocycles. The number of carbonyl (C=O) groups excluding carboxylic acids is 1. The molecule has 9 heteroatoms. The van der Waals surface area contributed by atoms with Gasteiger partial charge in [-0.1, -0.05) is 12.1 Å². The molecule has 0 saturated carbocycles. The number of methoxy groups -OCH3 is 2. The predicted octanol–water partition coefficient (Wildman–Crippen LogP) is 4.90. The highest BCUT2D eigenvalue weighted by Crippen LogP contribution is 2.33. The Hall–Kier alpha value is -4.79. The van der Waals surface area contributed by atoms with Crippen LogP contribution < -0.4 is 14.9 Å². The second-order valence-corrected chi connectivity index (χ2v) is 7.69. The van der Waals surface area contributed by atoms with Crippen LogP contribution in [0.3, 0.4) is 0 Å². The molecule has 9 nitrogen and oxygen atoms in total. The number of rotatable bonds is 7. The smallest absolute Gasteiger partial charge is 0.272 e. The molecule has 4 aromatic rings. The lowest BCUT2D eigenvalue weighted by molar-refractivity contribution is -0.384. The molecule has 0 saturated heterocycles. The van der Waals surface area contributed by atoms with Gasteiger partial charge in [-0.25, -0.2) is 10.4 Å². The fraction of sp³-hybridized carbons (Fsp3) is 0.115. The lowest BCUT2D eigenvalue weighted by Gasteiger charge is -2.12. The Labute approximate surface area is 201 Å². The quantitative estimate of drug-likeness (QED) is 0.233. The van der Waals surface area contributed by atoms with Crippen molar-refractivity contribution in [1.29, 1.82) is 0 Å². The first-order chi connectivity index (χ1) is 16.9. The molecule has 0 fully saturated rings. The highest BCUT2D eigenvalue weighted by atomic mass is 16.6. The number of pyridine rings is 1. The van der Waals surface area contributed by atoms with Crippen molar-refractivity contribution in [3.8, 4) is 22.8 Å². The third-order valence-corrected chi connectivity index (χ3v) is 5.37. The number of aromatic nitrogens is 1. The number of amides is 1. The maximum absolute atomic E-state index is 13.1. The molecule has 0 aliphatic heterocycles. The molecule has 1 amide bonds. The zero-order valence-corrected chi connectivity index (χ0v) is 19.3. The van der Waals surface area contributed by atoms with E-state index in [9.17, 15) is 14.9 Å². The number of hydrogen-bond donors (Lipinski definition) is 1. The number of nitrogens with one attached hydrogen (secondary N) is 1. The van der Waals surface area contributed by atoms with Crippen LogP contribution in [-0.4, -0.2) is 36.2 Å². The monoisotopic (exact) mass is 470 g/mol. The van der Waals surface area contributed by atoms with Gasteiger partial charge in [-0.2, -0.15) is 5.10 Å². The van der Waals surface area contributed by atoms with Crippen LogP contribution in [0.1, 0.15) is 21.5 Å². The molecule has 0 bridgehead atoms.